The second-order valence-electron chi connectivity index (χ2n) is 4.59. The van der Waals surface area contributed by atoms with E-state index in [-0.39, 0.29) is 0 Å². The van der Waals surface area contributed by atoms with Gasteiger partial charge in [-0.05, 0) is 31.4 Å². The van der Waals surface area contributed by atoms with Crippen LogP contribution in [0, 0.1) is 11.6 Å². The molecule has 7 heteroatoms. The second-order valence-corrected chi connectivity index (χ2v) is 6.58. The SMILES string of the molecule is CS(=O)(=O)c1ccc(F)c(C2(N=C=O)CCC2)c1F. The zero-order valence-electron chi connectivity index (χ0n) is 10.1. The zero-order chi connectivity index (χ0) is 14.3. The number of carbonyl (C=O) groups excluding carboxylic acids is 1. The molecule has 1 aliphatic rings. The molecule has 0 atom stereocenters. The van der Waals surface area contributed by atoms with Gasteiger partial charge in [-0.1, -0.05) is 0 Å². The first-order valence-corrected chi connectivity index (χ1v) is 7.48. The van der Waals surface area contributed by atoms with Crippen molar-refractivity contribution in [1.82, 2.24) is 0 Å². The van der Waals surface area contributed by atoms with Crippen LogP contribution in [0.2, 0.25) is 0 Å². The normalized spacial score (nSPS) is 17.4. The maximum Gasteiger partial charge on any atom is 0.235 e. The van der Waals surface area contributed by atoms with Gasteiger partial charge in [0.05, 0.1) is 5.56 Å². The molecule has 0 bridgehead atoms. The lowest BCUT2D eigenvalue weighted by molar-refractivity contribution is 0.236. The molecule has 1 aliphatic carbocycles. The van der Waals surface area contributed by atoms with Gasteiger partial charge in [-0.25, -0.2) is 22.0 Å². The van der Waals surface area contributed by atoms with Gasteiger partial charge in [-0.2, -0.15) is 4.99 Å². The maximum absolute atomic E-state index is 14.3. The van der Waals surface area contributed by atoms with Crippen LogP contribution in [0.15, 0.2) is 22.0 Å². The number of sulfone groups is 1. The molecule has 2 rings (SSSR count). The molecule has 1 aromatic rings. The van der Waals surface area contributed by atoms with Crippen molar-refractivity contribution >= 4 is 15.9 Å². The Morgan fingerprint density at radius 3 is 2.37 bits per heavy atom. The van der Waals surface area contributed by atoms with Crippen LogP contribution in [0.4, 0.5) is 8.78 Å². The number of isocyanates is 1. The summed E-state index contributed by atoms with van der Waals surface area (Å²) in [5.74, 6) is -2.06. The molecule has 0 aliphatic heterocycles. The van der Waals surface area contributed by atoms with Crippen LogP contribution in [0.3, 0.4) is 0 Å². The van der Waals surface area contributed by atoms with Gasteiger partial charge in [-0.3, -0.25) is 0 Å². The standard InChI is InChI=1S/C12H11F2NO3S/c1-19(17,18)9-4-3-8(13)10(11(9)14)12(15-7-16)5-2-6-12/h3-4H,2,5-6H2,1H3. The molecule has 1 aromatic carbocycles. The quantitative estimate of drug-likeness (QED) is 0.486. The van der Waals surface area contributed by atoms with E-state index in [4.69, 9.17) is 0 Å². The largest absolute Gasteiger partial charge is 0.235 e. The van der Waals surface area contributed by atoms with E-state index in [1.54, 1.807) is 0 Å². The van der Waals surface area contributed by atoms with Crippen molar-refractivity contribution in [1.29, 1.82) is 0 Å². The Balaban J connectivity index is 2.73. The number of hydrogen-bond acceptors (Lipinski definition) is 4. The van der Waals surface area contributed by atoms with Gasteiger partial charge in [0.2, 0.25) is 6.08 Å². The summed E-state index contributed by atoms with van der Waals surface area (Å²) in [6.45, 7) is 0. The van der Waals surface area contributed by atoms with Crippen LogP contribution in [0.1, 0.15) is 24.8 Å². The molecule has 4 nitrogen and oxygen atoms in total. The van der Waals surface area contributed by atoms with Gasteiger partial charge in [0.15, 0.2) is 9.84 Å². The summed E-state index contributed by atoms with van der Waals surface area (Å²) in [4.78, 5) is 13.3. The topological polar surface area (TPSA) is 63.6 Å². The Labute approximate surface area is 109 Å². The highest BCUT2D eigenvalue weighted by molar-refractivity contribution is 7.90. The summed E-state index contributed by atoms with van der Waals surface area (Å²) in [5.41, 5.74) is -1.76. The highest BCUT2D eigenvalue weighted by Gasteiger charge is 2.44. The summed E-state index contributed by atoms with van der Waals surface area (Å²) in [5, 5.41) is 0. The first-order valence-electron chi connectivity index (χ1n) is 5.59. The first kappa shape index (κ1) is 13.8. The molecular formula is C12H11F2NO3S. The summed E-state index contributed by atoms with van der Waals surface area (Å²) >= 11 is 0. The van der Waals surface area contributed by atoms with Crippen molar-refractivity contribution in [2.45, 2.75) is 29.7 Å². The van der Waals surface area contributed by atoms with Gasteiger partial charge < -0.3 is 0 Å². The van der Waals surface area contributed by atoms with E-state index in [1.807, 2.05) is 0 Å². The number of rotatable bonds is 3. The third-order valence-corrected chi connectivity index (χ3v) is 4.48. The van der Waals surface area contributed by atoms with Gasteiger partial charge in [0, 0.05) is 6.26 Å². The number of nitrogens with zero attached hydrogens (tertiary/aromatic N) is 1. The summed E-state index contributed by atoms with van der Waals surface area (Å²) in [6.07, 6.45) is 3.40. The van der Waals surface area contributed by atoms with Gasteiger partial charge >= 0.3 is 0 Å². The zero-order valence-corrected chi connectivity index (χ0v) is 10.9. The van der Waals surface area contributed by atoms with Crippen molar-refractivity contribution in [3.05, 3.63) is 29.3 Å². The molecule has 0 aromatic heterocycles. The smallest absolute Gasteiger partial charge is 0.224 e. The molecule has 102 valence electrons. The molecule has 1 fully saturated rings. The average Bonchev–Trinajstić information content (AvgIpc) is 2.23. The summed E-state index contributed by atoms with van der Waals surface area (Å²) in [7, 11) is -3.81. The van der Waals surface area contributed by atoms with Gasteiger partial charge in [-0.15, -0.1) is 0 Å². The summed E-state index contributed by atoms with van der Waals surface area (Å²) in [6, 6.07) is 1.76. The van der Waals surface area contributed by atoms with Crippen molar-refractivity contribution < 1.29 is 22.0 Å². The third-order valence-electron chi connectivity index (χ3n) is 3.36. The Morgan fingerprint density at radius 1 is 1.32 bits per heavy atom. The fourth-order valence-electron chi connectivity index (χ4n) is 2.26. The lowest BCUT2D eigenvalue weighted by atomic mass is 9.72. The van der Waals surface area contributed by atoms with E-state index >= 15 is 0 Å². The third kappa shape index (κ3) is 2.19. The fraction of sp³-hybridized carbons (Fsp3) is 0.417. The Bertz CT molecular complexity index is 674. The molecular weight excluding hydrogens is 276 g/mol. The predicted octanol–water partition coefficient (Wildman–Crippen LogP) is 2.08. The summed E-state index contributed by atoms with van der Waals surface area (Å²) < 4.78 is 51.0. The van der Waals surface area contributed by atoms with E-state index < -0.39 is 37.5 Å². The van der Waals surface area contributed by atoms with Crippen molar-refractivity contribution in [3.8, 4) is 0 Å². The molecule has 0 amide bonds. The lowest BCUT2D eigenvalue weighted by Gasteiger charge is -2.37. The van der Waals surface area contributed by atoms with E-state index in [0.29, 0.717) is 19.3 Å². The van der Waals surface area contributed by atoms with E-state index in [0.717, 1.165) is 18.4 Å². The molecule has 0 N–H and O–H groups in total. The van der Waals surface area contributed by atoms with Crippen LogP contribution in [-0.4, -0.2) is 20.8 Å². The first-order chi connectivity index (χ1) is 8.82. The van der Waals surface area contributed by atoms with Gasteiger partial charge in [0.1, 0.15) is 22.1 Å². The van der Waals surface area contributed by atoms with E-state index in [1.165, 1.54) is 6.08 Å². The number of aliphatic imine (C=N–C) groups is 1. The van der Waals surface area contributed by atoms with Crippen LogP contribution < -0.4 is 0 Å². The van der Waals surface area contributed by atoms with Crippen molar-refractivity contribution in [2.24, 2.45) is 4.99 Å². The molecule has 0 heterocycles. The highest BCUT2D eigenvalue weighted by atomic mass is 32.2. The van der Waals surface area contributed by atoms with Crippen molar-refractivity contribution in [3.63, 3.8) is 0 Å². The molecule has 0 saturated heterocycles. The number of hydrogen-bond donors (Lipinski definition) is 0. The minimum absolute atomic E-state index is 0.295. The lowest BCUT2D eigenvalue weighted by Crippen LogP contribution is -2.34. The second kappa shape index (κ2) is 4.51. The minimum Gasteiger partial charge on any atom is -0.224 e. The van der Waals surface area contributed by atoms with Crippen LogP contribution in [0.5, 0.6) is 0 Å². The van der Waals surface area contributed by atoms with Crippen LogP contribution in [0.25, 0.3) is 0 Å². The predicted molar refractivity (Wildman–Crippen MR) is 63.1 cm³/mol. The molecule has 19 heavy (non-hydrogen) atoms. The highest BCUT2D eigenvalue weighted by Crippen LogP contribution is 2.47. The Kier molecular flexibility index (Phi) is 3.28. The monoisotopic (exact) mass is 287 g/mol. The number of benzene rings is 1. The van der Waals surface area contributed by atoms with E-state index in [9.17, 15) is 22.0 Å². The molecule has 1 saturated carbocycles. The minimum atomic E-state index is -3.81. The van der Waals surface area contributed by atoms with E-state index in [2.05, 4.69) is 4.99 Å². The van der Waals surface area contributed by atoms with Crippen LogP contribution in [-0.2, 0) is 20.2 Å². The Hall–Kier alpha value is -1.59. The van der Waals surface area contributed by atoms with Gasteiger partial charge in [0.25, 0.3) is 0 Å². The molecule has 0 spiro atoms. The fourth-order valence-corrected chi connectivity index (χ4v) is 3.01. The maximum atomic E-state index is 14.3. The van der Waals surface area contributed by atoms with Crippen LogP contribution >= 0.6 is 0 Å². The molecule has 0 unspecified atom stereocenters. The average molecular weight is 287 g/mol. The molecule has 0 radical (unpaired) electrons. The number of halogens is 2. The van der Waals surface area contributed by atoms with Crippen molar-refractivity contribution in [2.75, 3.05) is 6.26 Å². The Morgan fingerprint density at radius 2 is 1.95 bits per heavy atom.